The molecule has 0 heterocycles. The van der Waals surface area contributed by atoms with Crippen LogP contribution in [0.3, 0.4) is 0 Å². The summed E-state index contributed by atoms with van der Waals surface area (Å²) in [6.45, 7) is 3.59. The van der Waals surface area contributed by atoms with Crippen molar-refractivity contribution < 1.29 is 51.5 Å². The first kappa shape index (κ1) is 23.7. The molecule has 0 radical (unpaired) electrons. The van der Waals surface area contributed by atoms with E-state index in [1.807, 2.05) is 0 Å². The summed E-state index contributed by atoms with van der Waals surface area (Å²) in [4.78, 5) is 0. The molecule has 172 valence electrons. The summed E-state index contributed by atoms with van der Waals surface area (Å²) in [6.07, 6.45) is 1.38. The van der Waals surface area contributed by atoms with Crippen molar-refractivity contribution in [3.05, 3.63) is 54.6 Å². The molecule has 0 saturated carbocycles. The van der Waals surface area contributed by atoms with Crippen LogP contribution in [0, 0.1) is 0 Å². The number of benzene rings is 3. The molecular formula is C18H10F6O6S2. The smallest absolute Gasteiger partial charge is 0.376 e. The van der Waals surface area contributed by atoms with Gasteiger partial charge in [-0.05, 0) is 57.4 Å². The molecule has 14 heteroatoms. The molecule has 3 rings (SSSR count). The van der Waals surface area contributed by atoms with Crippen molar-refractivity contribution in [2.75, 3.05) is 0 Å². The monoisotopic (exact) mass is 500 g/mol. The lowest BCUT2D eigenvalue weighted by atomic mass is 9.97. The number of fused-ring (bicyclic) bond motifs is 3. The van der Waals surface area contributed by atoms with Gasteiger partial charge in [0.25, 0.3) is 0 Å². The highest BCUT2D eigenvalue weighted by Gasteiger charge is 2.49. The van der Waals surface area contributed by atoms with Gasteiger partial charge in [-0.3, -0.25) is 0 Å². The summed E-state index contributed by atoms with van der Waals surface area (Å²) in [5.41, 5.74) is -10.9. The van der Waals surface area contributed by atoms with Gasteiger partial charge in [0.1, 0.15) is 11.5 Å². The number of alkyl halides is 6. The van der Waals surface area contributed by atoms with Crippen molar-refractivity contribution in [2.45, 2.75) is 11.0 Å². The molecular weight excluding hydrogens is 490 g/mol. The van der Waals surface area contributed by atoms with Crippen LogP contribution in [0.4, 0.5) is 26.3 Å². The lowest BCUT2D eigenvalue weighted by Crippen LogP contribution is -2.28. The predicted molar refractivity (Wildman–Crippen MR) is 103 cm³/mol. The van der Waals surface area contributed by atoms with Crippen LogP contribution >= 0.6 is 0 Å². The first-order valence-corrected chi connectivity index (χ1v) is 11.0. The summed E-state index contributed by atoms with van der Waals surface area (Å²) in [5.74, 6) is -1.46. The van der Waals surface area contributed by atoms with E-state index in [-0.39, 0.29) is 10.8 Å². The van der Waals surface area contributed by atoms with Gasteiger partial charge in [0, 0.05) is 0 Å². The first-order chi connectivity index (χ1) is 14.6. The van der Waals surface area contributed by atoms with Crippen molar-refractivity contribution in [1.29, 1.82) is 0 Å². The molecule has 0 unspecified atom stereocenters. The van der Waals surface area contributed by atoms with E-state index >= 15 is 0 Å². The van der Waals surface area contributed by atoms with Crippen LogP contribution in [-0.2, 0) is 20.2 Å². The average molecular weight is 500 g/mol. The Hall–Kier alpha value is -3.00. The predicted octanol–water partition coefficient (Wildman–Crippen LogP) is 5.09. The second-order valence-electron chi connectivity index (χ2n) is 6.23. The first-order valence-electron chi connectivity index (χ1n) is 8.20. The van der Waals surface area contributed by atoms with E-state index in [4.69, 9.17) is 0 Å². The van der Waals surface area contributed by atoms with Crippen LogP contribution < -0.4 is 8.37 Å². The molecule has 0 aliphatic carbocycles. The molecule has 0 aromatic heterocycles. The van der Waals surface area contributed by atoms with E-state index in [9.17, 15) is 43.2 Å². The quantitative estimate of drug-likeness (QED) is 0.210. The molecule has 0 bridgehead atoms. The van der Waals surface area contributed by atoms with E-state index in [1.165, 1.54) is 24.3 Å². The largest absolute Gasteiger partial charge is 0.534 e. The molecule has 6 nitrogen and oxygen atoms in total. The van der Waals surface area contributed by atoms with Crippen LogP contribution in [0.1, 0.15) is 5.56 Å². The van der Waals surface area contributed by atoms with E-state index in [0.717, 1.165) is 24.3 Å². The molecule has 3 aromatic carbocycles. The van der Waals surface area contributed by atoms with Gasteiger partial charge in [0.05, 0.1) is 0 Å². The number of halogens is 6. The van der Waals surface area contributed by atoms with Gasteiger partial charge >= 0.3 is 31.3 Å². The highest BCUT2D eigenvalue weighted by atomic mass is 32.2. The summed E-state index contributed by atoms with van der Waals surface area (Å²) in [7, 11) is -12.0. The molecule has 0 aliphatic rings. The van der Waals surface area contributed by atoms with Gasteiger partial charge in [-0.1, -0.05) is 24.8 Å². The zero-order valence-corrected chi connectivity index (χ0v) is 17.0. The maximum atomic E-state index is 12.6. The molecule has 0 aliphatic heterocycles. The topological polar surface area (TPSA) is 86.7 Å². The normalized spacial score (nSPS) is 13.3. The van der Waals surface area contributed by atoms with Crippen molar-refractivity contribution in [2.24, 2.45) is 0 Å². The van der Waals surface area contributed by atoms with Gasteiger partial charge in [0.15, 0.2) is 0 Å². The van der Waals surface area contributed by atoms with Crippen molar-refractivity contribution in [3.8, 4) is 11.5 Å². The minimum absolute atomic E-state index is 0.0436. The summed E-state index contributed by atoms with van der Waals surface area (Å²) in [6, 6.07) is 7.67. The fourth-order valence-corrected chi connectivity index (χ4v) is 3.66. The fraction of sp³-hybridized carbons (Fsp3) is 0.111. The molecule has 0 amide bonds. The van der Waals surface area contributed by atoms with Crippen molar-refractivity contribution in [3.63, 3.8) is 0 Å². The van der Waals surface area contributed by atoms with E-state index in [2.05, 4.69) is 14.9 Å². The van der Waals surface area contributed by atoms with Gasteiger partial charge < -0.3 is 8.37 Å². The lowest BCUT2D eigenvalue weighted by molar-refractivity contribution is -0.0504. The second-order valence-corrected chi connectivity index (χ2v) is 9.30. The molecule has 32 heavy (non-hydrogen) atoms. The van der Waals surface area contributed by atoms with Crippen LogP contribution in [0.2, 0.25) is 0 Å². The lowest BCUT2D eigenvalue weighted by Gasteiger charge is -2.14. The van der Waals surface area contributed by atoms with Gasteiger partial charge in [-0.2, -0.15) is 43.2 Å². The Morgan fingerprint density at radius 2 is 1.16 bits per heavy atom. The van der Waals surface area contributed by atoms with E-state index in [0.29, 0.717) is 16.3 Å². The number of hydrogen-bond acceptors (Lipinski definition) is 6. The average Bonchev–Trinajstić information content (AvgIpc) is 2.65. The van der Waals surface area contributed by atoms with Gasteiger partial charge in [-0.25, -0.2) is 0 Å². The third-order valence-electron chi connectivity index (χ3n) is 4.13. The maximum Gasteiger partial charge on any atom is 0.534 e. The fourth-order valence-electron chi connectivity index (χ4n) is 2.76. The van der Waals surface area contributed by atoms with E-state index < -0.39 is 42.8 Å². The van der Waals surface area contributed by atoms with Gasteiger partial charge in [0.2, 0.25) is 0 Å². The zero-order chi connectivity index (χ0) is 24.1. The third-order valence-corrected chi connectivity index (χ3v) is 6.08. The molecule has 0 atom stereocenters. The maximum absolute atomic E-state index is 12.6. The molecule has 0 spiro atoms. The minimum Gasteiger partial charge on any atom is -0.376 e. The Balaban J connectivity index is 2.23. The SMILES string of the molecule is C=Cc1cc2ccc(OS(=O)(=O)C(F)(F)F)cc2c2cc(OS(=O)(=O)C(F)(F)F)ccc12. The van der Waals surface area contributed by atoms with Crippen LogP contribution in [0.15, 0.2) is 49.0 Å². The second kappa shape index (κ2) is 7.55. The Labute approximate surface area is 176 Å². The molecule has 3 aromatic rings. The highest BCUT2D eigenvalue weighted by Crippen LogP contribution is 2.36. The van der Waals surface area contributed by atoms with Crippen molar-refractivity contribution in [1.82, 2.24) is 0 Å². The third kappa shape index (κ3) is 4.32. The van der Waals surface area contributed by atoms with Crippen LogP contribution in [0.5, 0.6) is 11.5 Å². The van der Waals surface area contributed by atoms with Crippen LogP contribution in [-0.4, -0.2) is 27.9 Å². The van der Waals surface area contributed by atoms with E-state index in [1.54, 1.807) is 0 Å². The molecule has 0 fully saturated rings. The number of rotatable bonds is 5. The highest BCUT2D eigenvalue weighted by molar-refractivity contribution is 7.88. The minimum atomic E-state index is -5.99. The standard InChI is InChI=1S/C18H10F6O6S2/c1-2-10-7-11-3-4-12(29-31(25,26)17(19,20)21)8-15(11)16-9-13(5-6-14(10)16)30-32(27,28)18(22,23)24/h2-9H,1H2. The van der Waals surface area contributed by atoms with Crippen molar-refractivity contribution >= 4 is 47.9 Å². The van der Waals surface area contributed by atoms with Crippen LogP contribution in [0.25, 0.3) is 27.6 Å². The molecule has 0 N–H and O–H groups in total. The Morgan fingerprint density at radius 1 is 0.688 bits per heavy atom. The number of hydrogen-bond donors (Lipinski definition) is 0. The Morgan fingerprint density at radius 3 is 1.62 bits per heavy atom. The summed E-state index contributed by atoms with van der Waals surface area (Å²) < 4.78 is 129. The summed E-state index contributed by atoms with van der Waals surface area (Å²) >= 11 is 0. The zero-order valence-electron chi connectivity index (χ0n) is 15.4. The molecule has 0 saturated heterocycles. The Bertz CT molecular complexity index is 1440. The van der Waals surface area contributed by atoms with Gasteiger partial charge in [-0.15, -0.1) is 0 Å². The summed E-state index contributed by atoms with van der Waals surface area (Å²) in [5, 5.41) is 0.734. The Kier molecular flexibility index (Phi) is 5.58.